The van der Waals surface area contributed by atoms with Crippen molar-refractivity contribution in [3.8, 4) is 11.5 Å². The number of aromatic hydroxyl groups is 1. The summed E-state index contributed by atoms with van der Waals surface area (Å²) in [6, 6.07) is 10.3. The van der Waals surface area contributed by atoms with Crippen LogP contribution in [0.1, 0.15) is 40.6 Å². The Morgan fingerprint density at radius 3 is 2.75 bits per heavy atom. The number of para-hydroxylation sites is 1. The number of hydrogen-bond donors (Lipinski definition) is 2. The second kappa shape index (κ2) is 5.59. The minimum Gasteiger partial charge on any atom is -0.504 e. The third kappa shape index (κ3) is 2.11. The maximum atomic E-state index is 10.6. The first-order valence-corrected chi connectivity index (χ1v) is 8.51. The molecule has 0 amide bonds. The molecule has 3 nitrogen and oxygen atoms in total. The summed E-state index contributed by atoms with van der Waals surface area (Å²) in [4.78, 5) is 0. The molecule has 0 spiro atoms. The first-order chi connectivity index (χ1) is 11.6. The largest absolute Gasteiger partial charge is 0.504 e. The fourth-order valence-electron chi connectivity index (χ4n) is 4.18. The number of phenolic OH excluding ortho intramolecular Hbond substituents is 1. The van der Waals surface area contributed by atoms with Gasteiger partial charge in [0.05, 0.1) is 13.2 Å². The lowest BCUT2D eigenvalue weighted by molar-refractivity contribution is 0.358. The molecule has 1 aliphatic heterocycles. The van der Waals surface area contributed by atoms with E-state index in [0.29, 0.717) is 17.6 Å². The molecule has 2 N–H and O–H groups in total. The van der Waals surface area contributed by atoms with Crippen LogP contribution < -0.4 is 10.1 Å². The van der Waals surface area contributed by atoms with E-state index >= 15 is 0 Å². The summed E-state index contributed by atoms with van der Waals surface area (Å²) in [6.45, 7) is 4.31. The smallest absolute Gasteiger partial charge is 0.163 e. The van der Waals surface area contributed by atoms with Crippen molar-refractivity contribution < 1.29 is 9.84 Å². The highest BCUT2D eigenvalue weighted by Gasteiger charge is 2.39. The first-order valence-electron chi connectivity index (χ1n) is 8.51. The number of ether oxygens (including phenoxy) is 1. The van der Waals surface area contributed by atoms with Gasteiger partial charge in [-0.05, 0) is 48.9 Å². The van der Waals surface area contributed by atoms with Crippen molar-refractivity contribution in [2.75, 3.05) is 12.4 Å². The first kappa shape index (κ1) is 15.1. The van der Waals surface area contributed by atoms with Gasteiger partial charge in [0.15, 0.2) is 11.5 Å². The third-order valence-corrected chi connectivity index (χ3v) is 5.65. The van der Waals surface area contributed by atoms with Crippen molar-refractivity contribution in [3.05, 3.63) is 64.7 Å². The van der Waals surface area contributed by atoms with E-state index in [1.807, 2.05) is 12.1 Å². The Hall–Kier alpha value is -2.42. The van der Waals surface area contributed by atoms with Gasteiger partial charge in [0, 0.05) is 17.2 Å². The van der Waals surface area contributed by atoms with Crippen molar-refractivity contribution in [1.29, 1.82) is 0 Å². The van der Waals surface area contributed by atoms with E-state index in [0.717, 1.165) is 12.0 Å². The van der Waals surface area contributed by atoms with E-state index < -0.39 is 0 Å². The van der Waals surface area contributed by atoms with Crippen LogP contribution in [-0.2, 0) is 0 Å². The Morgan fingerprint density at radius 2 is 1.96 bits per heavy atom. The summed E-state index contributed by atoms with van der Waals surface area (Å²) >= 11 is 0. The molecule has 0 bridgehead atoms. The quantitative estimate of drug-likeness (QED) is 0.777. The van der Waals surface area contributed by atoms with E-state index in [1.54, 1.807) is 13.2 Å². The number of hydrogen-bond acceptors (Lipinski definition) is 3. The Balaban J connectivity index is 1.85. The maximum absolute atomic E-state index is 10.6. The van der Waals surface area contributed by atoms with Gasteiger partial charge >= 0.3 is 0 Å². The van der Waals surface area contributed by atoms with Crippen molar-refractivity contribution in [2.45, 2.75) is 32.2 Å². The zero-order chi connectivity index (χ0) is 16.8. The predicted molar refractivity (Wildman–Crippen MR) is 96.9 cm³/mol. The summed E-state index contributed by atoms with van der Waals surface area (Å²) in [5.41, 5.74) is 6.08. The molecule has 0 fully saturated rings. The van der Waals surface area contributed by atoms with Crippen LogP contribution in [0.5, 0.6) is 11.5 Å². The highest BCUT2D eigenvalue weighted by Crippen LogP contribution is 2.52. The fourth-order valence-corrected chi connectivity index (χ4v) is 4.18. The molecule has 2 aromatic carbocycles. The van der Waals surface area contributed by atoms with Crippen LogP contribution in [0.15, 0.2) is 42.5 Å². The Morgan fingerprint density at radius 1 is 1.12 bits per heavy atom. The average Bonchev–Trinajstić information content (AvgIpc) is 3.08. The van der Waals surface area contributed by atoms with Gasteiger partial charge in [0.2, 0.25) is 0 Å². The van der Waals surface area contributed by atoms with Crippen LogP contribution >= 0.6 is 0 Å². The van der Waals surface area contributed by atoms with Crippen molar-refractivity contribution in [2.24, 2.45) is 5.92 Å². The van der Waals surface area contributed by atoms with E-state index in [4.69, 9.17) is 4.74 Å². The minimum atomic E-state index is 0.0769. The molecule has 124 valence electrons. The molecule has 3 heteroatoms. The van der Waals surface area contributed by atoms with Crippen LogP contribution in [0.4, 0.5) is 5.69 Å². The van der Waals surface area contributed by atoms with Gasteiger partial charge in [-0.1, -0.05) is 36.4 Å². The summed E-state index contributed by atoms with van der Waals surface area (Å²) in [6.07, 6.45) is 5.61. The topological polar surface area (TPSA) is 41.5 Å². The molecule has 24 heavy (non-hydrogen) atoms. The molecular formula is C21H23NO2. The molecule has 4 rings (SSSR count). The van der Waals surface area contributed by atoms with Crippen molar-refractivity contribution in [3.63, 3.8) is 0 Å². The monoisotopic (exact) mass is 321 g/mol. The number of anilines is 1. The number of aryl methyl sites for hydroxylation is 1. The molecule has 0 aromatic heterocycles. The average molecular weight is 321 g/mol. The zero-order valence-corrected chi connectivity index (χ0v) is 14.3. The van der Waals surface area contributed by atoms with Crippen LogP contribution in [0, 0.1) is 19.8 Å². The molecule has 1 aliphatic carbocycles. The number of benzene rings is 2. The van der Waals surface area contributed by atoms with E-state index in [-0.39, 0.29) is 11.8 Å². The van der Waals surface area contributed by atoms with Gasteiger partial charge in [0.1, 0.15) is 0 Å². The van der Waals surface area contributed by atoms with Crippen LogP contribution in [0.2, 0.25) is 0 Å². The number of rotatable bonds is 2. The van der Waals surface area contributed by atoms with Gasteiger partial charge in [-0.15, -0.1) is 0 Å². The fraction of sp³-hybridized carbons (Fsp3) is 0.333. The summed E-state index contributed by atoms with van der Waals surface area (Å²) in [5.74, 6) is 1.59. The molecule has 2 aliphatic rings. The number of methoxy groups -OCH3 is 1. The third-order valence-electron chi connectivity index (χ3n) is 5.65. The summed E-state index contributed by atoms with van der Waals surface area (Å²) in [5, 5.41) is 14.4. The number of fused-ring (bicyclic) bond motifs is 3. The summed E-state index contributed by atoms with van der Waals surface area (Å²) < 4.78 is 5.31. The van der Waals surface area contributed by atoms with Crippen LogP contribution in [0.3, 0.4) is 0 Å². The molecule has 3 unspecified atom stereocenters. The normalized spacial score (nSPS) is 24.2. The highest BCUT2D eigenvalue weighted by molar-refractivity contribution is 5.66. The maximum Gasteiger partial charge on any atom is 0.163 e. The molecule has 0 saturated carbocycles. The van der Waals surface area contributed by atoms with Gasteiger partial charge in [-0.2, -0.15) is 0 Å². The Labute approximate surface area is 143 Å². The number of nitrogens with one attached hydrogen (secondary N) is 1. The summed E-state index contributed by atoms with van der Waals surface area (Å²) in [7, 11) is 1.59. The molecule has 3 atom stereocenters. The molecular weight excluding hydrogens is 298 g/mol. The second-order valence-corrected chi connectivity index (χ2v) is 6.85. The lowest BCUT2D eigenvalue weighted by Crippen LogP contribution is -2.29. The zero-order valence-electron chi connectivity index (χ0n) is 14.3. The second-order valence-electron chi connectivity index (χ2n) is 6.85. The van der Waals surface area contributed by atoms with Gasteiger partial charge in [-0.25, -0.2) is 0 Å². The minimum absolute atomic E-state index is 0.0769. The number of phenols is 1. The molecule has 1 heterocycles. The van der Waals surface area contributed by atoms with Gasteiger partial charge in [-0.3, -0.25) is 0 Å². The predicted octanol–water partition coefficient (Wildman–Crippen LogP) is 4.84. The van der Waals surface area contributed by atoms with Crippen molar-refractivity contribution >= 4 is 5.69 Å². The highest BCUT2D eigenvalue weighted by atomic mass is 16.5. The molecule has 2 aromatic rings. The molecule has 0 radical (unpaired) electrons. The molecule has 0 saturated heterocycles. The van der Waals surface area contributed by atoms with Gasteiger partial charge < -0.3 is 15.2 Å². The Kier molecular flexibility index (Phi) is 3.52. The van der Waals surface area contributed by atoms with Crippen LogP contribution in [-0.4, -0.2) is 12.2 Å². The van der Waals surface area contributed by atoms with Crippen molar-refractivity contribution in [1.82, 2.24) is 0 Å². The van der Waals surface area contributed by atoms with E-state index in [9.17, 15) is 5.11 Å². The lowest BCUT2D eigenvalue weighted by Gasteiger charge is -2.39. The SMILES string of the molecule is COc1cccc(C2Nc3c(ccc(C)c3C)C3C=CCC32)c1O. The standard InChI is InChI=1S/C21H23NO2/c1-12-10-11-16-14-6-4-7-15(14)20(22-19(16)13(12)2)17-8-5-9-18(24-3)21(17)23/h4-6,8-11,14-15,20,22-23H,7H2,1-3H3. The van der Waals surface area contributed by atoms with Crippen LogP contribution in [0.25, 0.3) is 0 Å². The Bertz CT molecular complexity index is 825. The van der Waals surface area contributed by atoms with Gasteiger partial charge in [0.25, 0.3) is 0 Å². The lowest BCUT2D eigenvalue weighted by atomic mass is 9.75. The van der Waals surface area contributed by atoms with E-state index in [2.05, 4.69) is 43.4 Å². The van der Waals surface area contributed by atoms with E-state index in [1.165, 1.54) is 22.4 Å². The number of allylic oxidation sites excluding steroid dienone is 2.